The Balaban J connectivity index is 1.80. The molecule has 1 fully saturated rings. The first-order chi connectivity index (χ1) is 10.1. The van der Waals surface area contributed by atoms with Crippen molar-refractivity contribution in [2.75, 3.05) is 18.9 Å². The van der Waals surface area contributed by atoms with Crippen LogP contribution in [-0.4, -0.2) is 50.5 Å². The highest BCUT2D eigenvalue weighted by atomic mass is 32.2. The van der Waals surface area contributed by atoms with Crippen molar-refractivity contribution in [2.45, 2.75) is 24.6 Å². The number of rotatable bonds is 8. The van der Waals surface area contributed by atoms with Gasteiger partial charge in [-0.05, 0) is 23.2 Å². The number of benzene rings is 1. The van der Waals surface area contributed by atoms with Crippen LogP contribution in [0, 0.1) is 0 Å². The zero-order valence-electron chi connectivity index (χ0n) is 11.7. The summed E-state index contributed by atoms with van der Waals surface area (Å²) in [6, 6.07) is 9.69. The first kappa shape index (κ1) is 16.0. The highest BCUT2D eigenvalue weighted by Gasteiger charge is 2.44. The maximum absolute atomic E-state index is 11.9. The lowest BCUT2D eigenvalue weighted by molar-refractivity contribution is -0.145. The first-order valence-electron chi connectivity index (χ1n) is 6.95. The molecule has 1 saturated heterocycles. The molecule has 5 nitrogen and oxygen atoms in total. The van der Waals surface area contributed by atoms with Crippen molar-refractivity contribution in [3.63, 3.8) is 0 Å². The molecule has 1 aliphatic rings. The number of hydrogen-bond donors (Lipinski definition) is 1. The Morgan fingerprint density at radius 3 is 2.71 bits per heavy atom. The summed E-state index contributed by atoms with van der Waals surface area (Å²) in [6.45, 7) is -0.152. The summed E-state index contributed by atoms with van der Waals surface area (Å²) in [5.41, 5.74) is 1.08. The second-order valence-electron chi connectivity index (χ2n) is 5.01. The molecular formula is C15H19NO4S. The number of amides is 1. The molecule has 2 rings (SSSR count). The molecule has 2 unspecified atom stereocenters. The fourth-order valence-electron chi connectivity index (χ4n) is 2.27. The Kier molecular flexibility index (Phi) is 5.78. The highest BCUT2D eigenvalue weighted by Crippen LogP contribution is 2.24. The van der Waals surface area contributed by atoms with Gasteiger partial charge in [0, 0.05) is 6.42 Å². The highest BCUT2D eigenvalue weighted by molar-refractivity contribution is 7.92. The third kappa shape index (κ3) is 4.30. The van der Waals surface area contributed by atoms with Gasteiger partial charge in [0.2, 0.25) is 5.91 Å². The van der Waals surface area contributed by atoms with Gasteiger partial charge in [-0.15, -0.1) is 0 Å². The van der Waals surface area contributed by atoms with Crippen LogP contribution in [-0.2, 0) is 27.2 Å². The standard InChI is InChI=1S/C15H19NO4S/c17-8-9-21(20)15-10-14(19)16(15)11-13(18)7-6-12-4-2-1-3-5-12/h1-5,15,17H,6-11H2. The normalized spacial score (nSPS) is 19.2. The van der Waals surface area contributed by atoms with E-state index in [1.54, 1.807) is 0 Å². The van der Waals surface area contributed by atoms with E-state index in [-0.39, 0.29) is 37.0 Å². The van der Waals surface area contributed by atoms with E-state index in [1.807, 2.05) is 30.3 Å². The molecular weight excluding hydrogens is 290 g/mol. The van der Waals surface area contributed by atoms with Crippen LogP contribution >= 0.6 is 0 Å². The van der Waals surface area contributed by atoms with Gasteiger partial charge in [-0.2, -0.15) is 0 Å². The Morgan fingerprint density at radius 2 is 2.10 bits per heavy atom. The van der Waals surface area contributed by atoms with Gasteiger partial charge in [-0.25, -0.2) is 0 Å². The average Bonchev–Trinajstić information content (AvgIpc) is 2.49. The molecule has 1 aliphatic heterocycles. The second kappa shape index (κ2) is 7.59. The third-order valence-corrected chi connectivity index (χ3v) is 5.11. The van der Waals surface area contributed by atoms with Crippen molar-refractivity contribution in [3.05, 3.63) is 35.9 Å². The smallest absolute Gasteiger partial charge is 0.233 e. The maximum Gasteiger partial charge on any atom is 0.233 e. The molecule has 1 N–H and O–H groups in total. The van der Waals surface area contributed by atoms with E-state index >= 15 is 0 Å². The SMILES string of the molecule is O=C(CCc1ccccc1)CN1C(=O)CC1[S+]([O-])CCO. The summed E-state index contributed by atoms with van der Waals surface area (Å²) in [4.78, 5) is 24.9. The molecule has 0 aromatic heterocycles. The molecule has 0 aliphatic carbocycles. The van der Waals surface area contributed by atoms with Crippen LogP contribution in [0.15, 0.2) is 30.3 Å². The minimum atomic E-state index is -1.28. The molecule has 1 aromatic carbocycles. The molecule has 1 aromatic rings. The average molecular weight is 309 g/mol. The molecule has 0 saturated carbocycles. The number of nitrogens with zero attached hydrogens (tertiary/aromatic N) is 1. The van der Waals surface area contributed by atoms with Gasteiger partial charge in [0.15, 0.2) is 11.2 Å². The van der Waals surface area contributed by atoms with Gasteiger partial charge in [0.05, 0.1) is 19.6 Å². The molecule has 6 heteroatoms. The predicted molar refractivity (Wildman–Crippen MR) is 80.0 cm³/mol. The van der Waals surface area contributed by atoms with E-state index in [4.69, 9.17) is 5.11 Å². The van der Waals surface area contributed by atoms with Gasteiger partial charge in [0.1, 0.15) is 5.75 Å². The Morgan fingerprint density at radius 1 is 1.38 bits per heavy atom. The number of Topliss-reactive ketones (excluding diaryl/α,β-unsaturated/α-hetero) is 1. The van der Waals surface area contributed by atoms with Crippen LogP contribution in [0.25, 0.3) is 0 Å². The van der Waals surface area contributed by atoms with Crippen molar-refractivity contribution >= 4 is 22.9 Å². The zero-order chi connectivity index (χ0) is 15.2. The fraction of sp³-hybridized carbons (Fsp3) is 0.467. The molecule has 114 valence electrons. The lowest BCUT2D eigenvalue weighted by atomic mass is 10.1. The lowest BCUT2D eigenvalue weighted by Crippen LogP contribution is -2.58. The summed E-state index contributed by atoms with van der Waals surface area (Å²) in [6.07, 6.45) is 1.22. The van der Waals surface area contributed by atoms with Gasteiger partial charge < -0.3 is 9.66 Å². The van der Waals surface area contributed by atoms with Gasteiger partial charge in [0.25, 0.3) is 0 Å². The van der Waals surface area contributed by atoms with Crippen LogP contribution in [0.4, 0.5) is 0 Å². The minimum absolute atomic E-state index is 0.0213. The lowest BCUT2D eigenvalue weighted by Gasteiger charge is -2.39. The minimum Gasteiger partial charge on any atom is -0.615 e. The van der Waals surface area contributed by atoms with Crippen molar-refractivity contribution in [1.29, 1.82) is 0 Å². The fourth-order valence-corrected chi connectivity index (χ4v) is 3.53. The van der Waals surface area contributed by atoms with E-state index < -0.39 is 16.5 Å². The van der Waals surface area contributed by atoms with E-state index in [0.717, 1.165) is 5.56 Å². The van der Waals surface area contributed by atoms with Crippen molar-refractivity contribution in [2.24, 2.45) is 0 Å². The molecule has 21 heavy (non-hydrogen) atoms. The summed E-state index contributed by atoms with van der Waals surface area (Å²) >= 11 is -1.28. The summed E-state index contributed by atoms with van der Waals surface area (Å²) in [5.74, 6) is -0.0237. The van der Waals surface area contributed by atoms with Gasteiger partial charge >= 0.3 is 0 Å². The number of carbonyl (C=O) groups excluding carboxylic acids is 2. The maximum atomic E-state index is 11.9. The number of aryl methyl sites for hydroxylation is 1. The van der Waals surface area contributed by atoms with Crippen molar-refractivity contribution in [1.82, 2.24) is 4.90 Å². The molecule has 0 radical (unpaired) electrons. The Hall–Kier alpha value is -1.37. The topological polar surface area (TPSA) is 80.7 Å². The van der Waals surface area contributed by atoms with Gasteiger partial charge in [-0.1, -0.05) is 30.3 Å². The van der Waals surface area contributed by atoms with E-state index in [9.17, 15) is 14.1 Å². The number of aliphatic hydroxyl groups is 1. The number of carbonyl (C=O) groups is 2. The molecule has 0 bridgehead atoms. The second-order valence-corrected chi connectivity index (χ2v) is 6.73. The number of ketones is 1. The zero-order valence-corrected chi connectivity index (χ0v) is 12.6. The molecule has 1 heterocycles. The Bertz CT molecular complexity index is 494. The molecule has 0 spiro atoms. The van der Waals surface area contributed by atoms with Crippen LogP contribution in [0.5, 0.6) is 0 Å². The van der Waals surface area contributed by atoms with Crippen LogP contribution < -0.4 is 0 Å². The summed E-state index contributed by atoms with van der Waals surface area (Å²) in [5, 5.41) is 8.37. The summed E-state index contributed by atoms with van der Waals surface area (Å²) in [7, 11) is 0. The van der Waals surface area contributed by atoms with E-state index in [1.165, 1.54) is 4.90 Å². The predicted octanol–water partition coefficient (Wildman–Crippen LogP) is 0.488. The molecule has 2 atom stereocenters. The number of hydrogen-bond acceptors (Lipinski definition) is 4. The van der Waals surface area contributed by atoms with Gasteiger partial charge in [-0.3, -0.25) is 14.5 Å². The monoisotopic (exact) mass is 309 g/mol. The van der Waals surface area contributed by atoms with E-state index in [2.05, 4.69) is 0 Å². The summed E-state index contributed by atoms with van der Waals surface area (Å²) < 4.78 is 11.8. The third-order valence-electron chi connectivity index (χ3n) is 3.50. The molecule has 1 amide bonds. The van der Waals surface area contributed by atoms with E-state index in [0.29, 0.717) is 12.8 Å². The van der Waals surface area contributed by atoms with Crippen LogP contribution in [0.1, 0.15) is 18.4 Å². The van der Waals surface area contributed by atoms with Crippen molar-refractivity contribution in [3.8, 4) is 0 Å². The Labute approximate surface area is 127 Å². The quantitative estimate of drug-likeness (QED) is 0.560. The van der Waals surface area contributed by atoms with Crippen LogP contribution in [0.3, 0.4) is 0 Å². The largest absolute Gasteiger partial charge is 0.615 e. The van der Waals surface area contributed by atoms with Crippen molar-refractivity contribution < 1.29 is 19.2 Å². The number of β-lactam (4-membered cyclic amide) rings is 1. The first-order valence-corrected chi connectivity index (χ1v) is 8.33. The van der Waals surface area contributed by atoms with Crippen LogP contribution in [0.2, 0.25) is 0 Å². The number of likely N-dealkylation sites (tertiary alicyclic amines) is 1. The number of aliphatic hydroxyl groups excluding tert-OH is 1.